The molecule has 1 heterocycles. The molecule has 0 unspecified atom stereocenters. The molecule has 0 aromatic heterocycles. The van der Waals surface area contributed by atoms with Gasteiger partial charge in [-0.2, -0.15) is 9.98 Å². The molecule has 0 saturated heterocycles. The third-order valence-electron chi connectivity index (χ3n) is 1.74. The van der Waals surface area contributed by atoms with E-state index in [4.69, 9.17) is 0 Å². The smallest absolute Gasteiger partial charge is 0.244 e. The van der Waals surface area contributed by atoms with Gasteiger partial charge in [0.05, 0.1) is 5.36 Å². The van der Waals surface area contributed by atoms with Gasteiger partial charge >= 0.3 is 6.03 Å². The Bertz CT molecular complexity index is 525. The van der Waals surface area contributed by atoms with E-state index in [9.17, 15) is 4.79 Å². The molecule has 2 rings (SSSR count). The summed E-state index contributed by atoms with van der Waals surface area (Å²) in [6, 6.07) is 5.21. The summed E-state index contributed by atoms with van der Waals surface area (Å²) in [7, 11) is 3.25. The molecule has 1 aliphatic heterocycles. The minimum atomic E-state index is -0.410. The Morgan fingerprint density at radius 2 is 2.27 bits per heavy atom. The molecule has 0 aliphatic carbocycles. The first kappa shape index (κ1) is 10.4. The molecule has 1 aromatic carbocycles. The SMILES string of the molecule is C=CCSSc1cccc2c1=NC(=O)N=2. The van der Waals surface area contributed by atoms with Gasteiger partial charge in [0.1, 0.15) is 5.36 Å². The molecule has 0 atom stereocenters. The van der Waals surface area contributed by atoms with Crippen LogP contribution in [0.2, 0.25) is 0 Å². The molecule has 15 heavy (non-hydrogen) atoms. The van der Waals surface area contributed by atoms with Crippen molar-refractivity contribution in [3.8, 4) is 0 Å². The van der Waals surface area contributed by atoms with Gasteiger partial charge in [-0.05, 0) is 12.1 Å². The van der Waals surface area contributed by atoms with Crippen LogP contribution in [0, 0.1) is 0 Å². The van der Waals surface area contributed by atoms with Crippen molar-refractivity contribution in [1.29, 1.82) is 0 Å². The summed E-state index contributed by atoms with van der Waals surface area (Å²) >= 11 is 0. The molecule has 76 valence electrons. The average molecular weight is 236 g/mol. The number of benzene rings is 1. The van der Waals surface area contributed by atoms with Crippen LogP contribution in [0.4, 0.5) is 4.79 Å². The Kier molecular flexibility index (Phi) is 3.23. The average Bonchev–Trinajstić information content (AvgIpc) is 2.59. The number of hydrogen-bond acceptors (Lipinski definition) is 3. The normalized spacial score (nSPS) is 12.9. The first-order valence-corrected chi connectivity index (χ1v) is 6.64. The zero-order valence-corrected chi connectivity index (χ0v) is 9.48. The first-order chi connectivity index (χ1) is 7.31. The summed E-state index contributed by atoms with van der Waals surface area (Å²) in [5.41, 5.74) is 0. The maximum atomic E-state index is 11.0. The van der Waals surface area contributed by atoms with Gasteiger partial charge in [0.2, 0.25) is 0 Å². The molecule has 1 aromatic rings. The number of carbonyl (C=O) groups is 1. The Morgan fingerprint density at radius 3 is 3.07 bits per heavy atom. The maximum absolute atomic E-state index is 11.0. The monoisotopic (exact) mass is 236 g/mol. The summed E-state index contributed by atoms with van der Waals surface area (Å²) < 4.78 is 0. The van der Waals surface area contributed by atoms with Crippen LogP contribution in [0.1, 0.15) is 0 Å². The molecule has 0 radical (unpaired) electrons. The van der Waals surface area contributed by atoms with E-state index in [1.165, 1.54) is 0 Å². The fourth-order valence-electron chi connectivity index (χ4n) is 1.15. The Hall–Kier alpha value is -1.07. The number of fused-ring (bicyclic) bond motifs is 1. The zero-order chi connectivity index (χ0) is 10.7. The highest BCUT2D eigenvalue weighted by Crippen LogP contribution is 2.27. The predicted octanol–water partition coefficient (Wildman–Crippen LogP) is 1.99. The van der Waals surface area contributed by atoms with Gasteiger partial charge in [-0.3, -0.25) is 0 Å². The fraction of sp³-hybridized carbons (Fsp3) is 0.100. The van der Waals surface area contributed by atoms with Crippen LogP contribution < -0.4 is 10.7 Å². The molecular formula is C10H8N2OS2. The van der Waals surface area contributed by atoms with Crippen molar-refractivity contribution in [3.05, 3.63) is 41.6 Å². The van der Waals surface area contributed by atoms with Crippen LogP contribution in [0.3, 0.4) is 0 Å². The molecule has 5 heteroatoms. The minimum Gasteiger partial charge on any atom is -0.244 e. The third-order valence-corrected chi connectivity index (χ3v) is 4.03. The third kappa shape index (κ3) is 2.30. The Balaban J connectivity index is 2.32. The Labute approximate surface area is 94.8 Å². The van der Waals surface area contributed by atoms with Crippen LogP contribution in [0.5, 0.6) is 0 Å². The van der Waals surface area contributed by atoms with E-state index in [1.54, 1.807) is 27.7 Å². The molecule has 0 saturated carbocycles. The summed E-state index contributed by atoms with van der Waals surface area (Å²) in [6.45, 7) is 3.65. The first-order valence-electron chi connectivity index (χ1n) is 4.32. The lowest BCUT2D eigenvalue weighted by Gasteiger charge is -1.97. The number of carbonyl (C=O) groups excluding carboxylic acids is 1. The largest absolute Gasteiger partial charge is 0.368 e. The van der Waals surface area contributed by atoms with Crippen LogP contribution in [0.15, 0.2) is 45.7 Å². The maximum Gasteiger partial charge on any atom is 0.368 e. The second kappa shape index (κ2) is 4.63. The van der Waals surface area contributed by atoms with E-state index in [2.05, 4.69) is 16.6 Å². The van der Waals surface area contributed by atoms with Gasteiger partial charge in [-0.1, -0.05) is 33.7 Å². The molecule has 0 bridgehead atoms. The lowest BCUT2D eigenvalue weighted by Crippen LogP contribution is -2.22. The topological polar surface area (TPSA) is 41.8 Å². The second-order valence-electron chi connectivity index (χ2n) is 2.79. The number of rotatable bonds is 4. The van der Waals surface area contributed by atoms with Crippen molar-refractivity contribution in [1.82, 2.24) is 0 Å². The van der Waals surface area contributed by atoms with Crippen molar-refractivity contribution in [2.24, 2.45) is 9.98 Å². The number of hydrogen-bond donors (Lipinski definition) is 0. The van der Waals surface area contributed by atoms with Gasteiger partial charge in [0, 0.05) is 10.6 Å². The van der Waals surface area contributed by atoms with E-state index < -0.39 is 6.03 Å². The van der Waals surface area contributed by atoms with E-state index in [-0.39, 0.29) is 0 Å². The zero-order valence-electron chi connectivity index (χ0n) is 7.84. The van der Waals surface area contributed by atoms with E-state index in [1.807, 2.05) is 18.2 Å². The molecule has 1 aliphatic rings. The van der Waals surface area contributed by atoms with Crippen molar-refractivity contribution in [2.45, 2.75) is 4.90 Å². The molecule has 0 spiro atoms. The van der Waals surface area contributed by atoms with E-state index >= 15 is 0 Å². The summed E-state index contributed by atoms with van der Waals surface area (Å²) in [5, 5.41) is 1.37. The van der Waals surface area contributed by atoms with Crippen LogP contribution >= 0.6 is 21.6 Å². The van der Waals surface area contributed by atoms with E-state index in [0.29, 0.717) is 10.7 Å². The highest BCUT2D eigenvalue weighted by atomic mass is 33.1. The lowest BCUT2D eigenvalue weighted by atomic mass is 10.3. The second-order valence-corrected chi connectivity index (χ2v) is 5.17. The van der Waals surface area contributed by atoms with Gasteiger partial charge in [0.25, 0.3) is 0 Å². The van der Waals surface area contributed by atoms with Crippen LogP contribution in [-0.2, 0) is 0 Å². The van der Waals surface area contributed by atoms with Gasteiger partial charge in [-0.15, -0.1) is 6.58 Å². The lowest BCUT2D eigenvalue weighted by molar-refractivity contribution is 0.256. The summed E-state index contributed by atoms with van der Waals surface area (Å²) in [6.07, 6.45) is 1.84. The number of urea groups is 1. The highest BCUT2D eigenvalue weighted by molar-refractivity contribution is 8.76. The number of amides is 2. The highest BCUT2D eigenvalue weighted by Gasteiger charge is 2.08. The molecule has 0 fully saturated rings. The fourth-order valence-corrected chi connectivity index (χ4v) is 3.08. The quantitative estimate of drug-likeness (QED) is 0.456. The van der Waals surface area contributed by atoms with Crippen molar-refractivity contribution >= 4 is 27.6 Å². The summed E-state index contributed by atoms with van der Waals surface area (Å²) in [5.74, 6) is 0.861. The van der Waals surface area contributed by atoms with Gasteiger partial charge < -0.3 is 0 Å². The molecule has 2 amide bonds. The van der Waals surface area contributed by atoms with Gasteiger partial charge in [0.15, 0.2) is 0 Å². The molecular weight excluding hydrogens is 228 g/mol. The predicted molar refractivity (Wildman–Crippen MR) is 62.7 cm³/mol. The Morgan fingerprint density at radius 1 is 1.40 bits per heavy atom. The molecule has 3 nitrogen and oxygen atoms in total. The van der Waals surface area contributed by atoms with Crippen molar-refractivity contribution < 1.29 is 4.79 Å². The number of para-hydroxylation sites is 1. The minimum absolute atomic E-state index is 0.410. The van der Waals surface area contributed by atoms with E-state index in [0.717, 1.165) is 10.6 Å². The summed E-state index contributed by atoms with van der Waals surface area (Å²) in [4.78, 5) is 19.7. The van der Waals surface area contributed by atoms with Crippen LogP contribution in [0.25, 0.3) is 0 Å². The van der Waals surface area contributed by atoms with Gasteiger partial charge in [-0.25, -0.2) is 4.79 Å². The standard InChI is InChI=1S/C10H8N2OS2/c1-2-6-14-15-8-5-3-4-7-9(8)12-10(13)11-7/h2-5H,1,6H2. The van der Waals surface area contributed by atoms with Crippen molar-refractivity contribution in [2.75, 3.05) is 5.75 Å². The number of nitrogens with zero attached hydrogens (tertiary/aromatic N) is 2. The van der Waals surface area contributed by atoms with Crippen LogP contribution in [-0.4, -0.2) is 11.8 Å². The molecule has 0 N–H and O–H groups in total. The van der Waals surface area contributed by atoms with Crippen molar-refractivity contribution in [3.63, 3.8) is 0 Å².